The van der Waals surface area contributed by atoms with Crippen molar-refractivity contribution in [3.8, 4) is 0 Å². The van der Waals surface area contributed by atoms with Crippen molar-refractivity contribution in [3.63, 3.8) is 0 Å². The van der Waals surface area contributed by atoms with E-state index in [0.717, 1.165) is 32.5 Å². The summed E-state index contributed by atoms with van der Waals surface area (Å²) in [6, 6.07) is 2.06. The number of rotatable bonds is 2. The molecule has 0 spiro atoms. The quantitative estimate of drug-likeness (QED) is 0.699. The molecule has 1 atom stereocenters. The van der Waals surface area contributed by atoms with E-state index in [0.29, 0.717) is 5.88 Å². The van der Waals surface area contributed by atoms with Gasteiger partial charge < -0.3 is 4.90 Å². The van der Waals surface area contributed by atoms with Gasteiger partial charge in [-0.3, -0.25) is 4.79 Å². The number of carbonyl (C=O) groups is 1. The summed E-state index contributed by atoms with van der Waals surface area (Å²) in [5.74, 6) is 0.624. The molecule has 1 aliphatic heterocycles. The first-order chi connectivity index (χ1) is 7.63. The molecule has 0 bridgehead atoms. The monoisotopic (exact) mass is 385 g/mol. The molecule has 2 nitrogen and oxygen atoms in total. The van der Waals surface area contributed by atoms with Gasteiger partial charge in [-0.15, -0.1) is 22.9 Å². The molecular formula is C10H10Br2ClNOS. The van der Waals surface area contributed by atoms with Gasteiger partial charge in [0.2, 0.25) is 0 Å². The first-order valence-corrected chi connectivity index (χ1v) is 7.89. The van der Waals surface area contributed by atoms with Crippen LogP contribution in [0.4, 0.5) is 0 Å². The molecule has 1 unspecified atom stereocenters. The van der Waals surface area contributed by atoms with Crippen LogP contribution in [0, 0.1) is 0 Å². The molecule has 0 radical (unpaired) electrons. The summed E-state index contributed by atoms with van der Waals surface area (Å²) in [4.78, 5) is 14.9. The fraction of sp³-hybridized carbons (Fsp3) is 0.500. The fourth-order valence-corrected chi connectivity index (χ4v) is 4.17. The van der Waals surface area contributed by atoms with E-state index in [1.165, 1.54) is 11.3 Å². The van der Waals surface area contributed by atoms with Crippen molar-refractivity contribution < 1.29 is 4.79 Å². The molecule has 1 amide bonds. The minimum Gasteiger partial charge on any atom is -0.334 e. The zero-order valence-corrected chi connectivity index (χ0v) is 13.1. The maximum Gasteiger partial charge on any atom is 0.264 e. The van der Waals surface area contributed by atoms with Crippen molar-refractivity contribution in [2.75, 3.05) is 12.4 Å². The largest absolute Gasteiger partial charge is 0.334 e. The Kier molecular flexibility index (Phi) is 4.32. The van der Waals surface area contributed by atoms with Crippen molar-refractivity contribution in [1.29, 1.82) is 0 Å². The van der Waals surface area contributed by atoms with Crippen molar-refractivity contribution in [3.05, 3.63) is 19.2 Å². The lowest BCUT2D eigenvalue weighted by Crippen LogP contribution is -2.36. The van der Waals surface area contributed by atoms with Crippen molar-refractivity contribution in [1.82, 2.24) is 4.90 Å². The summed E-state index contributed by atoms with van der Waals surface area (Å²) in [7, 11) is 0. The Morgan fingerprint density at radius 2 is 2.38 bits per heavy atom. The number of nitrogens with zero attached hydrogens (tertiary/aromatic N) is 1. The molecule has 0 aromatic carbocycles. The van der Waals surface area contributed by atoms with Crippen molar-refractivity contribution in [2.45, 2.75) is 18.9 Å². The Labute approximate surface area is 120 Å². The highest BCUT2D eigenvalue weighted by molar-refractivity contribution is 9.13. The first kappa shape index (κ1) is 12.9. The third-order valence-corrected chi connectivity index (χ3v) is 6.27. The van der Waals surface area contributed by atoms with Crippen molar-refractivity contribution >= 4 is 60.7 Å². The van der Waals surface area contributed by atoms with E-state index in [1.807, 2.05) is 11.0 Å². The number of hydrogen-bond donors (Lipinski definition) is 0. The second-order valence-electron chi connectivity index (χ2n) is 3.68. The SMILES string of the molecule is O=C(c1cc(Br)c(Br)s1)N1CCCC1CCl. The second-order valence-corrected chi connectivity index (χ2v) is 7.21. The number of halogens is 3. The smallest absolute Gasteiger partial charge is 0.264 e. The van der Waals surface area contributed by atoms with E-state index >= 15 is 0 Å². The molecule has 6 heteroatoms. The highest BCUT2D eigenvalue weighted by Crippen LogP contribution is 2.34. The summed E-state index contributed by atoms with van der Waals surface area (Å²) in [5, 5.41) is 0. The van der Waals surface area contributed by atoms with E-state index in [1.54, 1.807) is 0 Å². The Morgan fingerprint density at radius 3 is 2.94 bits per heavy atom. The van der Waals surface area contributed by atoms with Crippen LogP contribution in [-0.4, -0.2) is 29.3 Å². The Morgan fingerprint density at radius 1 is 1.62 bits per heavy atom. The number of amides is 1. The van der Waals surface area contributed by atoms with Crippen LogP contribution in [0.15, 0.2) is 14.3 Å². The maximum atomic E-state index is 12.2. The van der Waals surface area contributed by atoms with Crippen LogP contribution in [0.3, 0.4) is 0 Å². The molecule has 1 aromatic heterocycles. The zero-order valence-electron chi connectivity index (χ0n) is 8.38. The molecule has 2 heterocycles. The van der Waals surface area contributed by atoms with Gasteiger partial charge in [0.1, 0.15) is 0 Å². The molecule has 16 heavy (non-hydrogen) atoms. The Hall–Kier alpha value is 0.420. The standard InChI is InChI=1S/C10H10Br2ClNOS/c11-7-4-8(16-9(7)12)10(15)14-3-1-2-6(14)5-13/h4,6H,1-3,5H2. The van der Waals surface area contributed by atoms with E-state index in [4.69, 9.17) is 11.6 Å². The van der Waals surface area contributed by atoms with Gasteiger partial charge in [-0.25, -0.2) is 0 Å². The van der Waals surface area contributed by atoms with E-state index in [2.05, 4.69) is 31.9 Å². The van der Waals surface area contributed by atoms with Gasteiger partial charge in [-0.1, -0.05) is 0 Å². The summed E-state index contributed by atoms with van der Waals surface area (Å²) < 4.78 is 1.89. The van der Waals surface area contributed by atoms with Crippen LogP contribution in [0.1, 0.15) is 22.5 Å². The molecule has 2 rings (SSSR count). The molecule has 1 aliphatic rings. The van der Waals surface area contributed by atoms with Gasteiger partial charge >= 0.3 is 0 Å². The highest BCUT2D eigenvalue weighted by atomic mass is 79.9. The molecule has 88 valence electrons. The summed E-state index contributed by atoms with van der Waals surface area (Å²) >= 11 is 14.1. The van der Waals surface area contributed by atoms with Crippen LogP contribution >= 0.6 is 54.8 Å². The number of carbonyl (C=O) groups excluding carboxylic acids is 1. The fourth-order valence-electron chi connectivity index (χ4n) is 1.86. The lowest BCUT2D eigenvalue weighted by Gasteiger charge is -2.21. The third kappa shape index (κ3) is 2.47. The van der Waals surface area contributed by atoms with E-state index in [9.17, 15) is 4.79 Å². The molecule has 1 saturated heterocycles. The molecule has 0 saturated carbocycles. The van der Waals surface area contributed by atoms with Gasteiger partial charge in [-0.2, -0.15) is 0 Å². The predicted octanol–water partition coefficient (Wildman–Crippen LogP) is 4.12. The summed E-state index contributed by atoms with van der Waals surface area (Å²) in [6.07, 6.45) is 2.07. The normalized spacial score (nSPS) is 20.4. The van der Waals surface area contributed by atoms with Gasteiger partial charge in [0.25, 0.3) is 5.91 Å². The van der Waals surface area contributed by atoms with Gasteiger partial charge in [0.15, 0.2) is 0 Å². The van der Waals surface area contributed by atoms with Crippen LogP contribution in [0.5, 0.6) is 0 Å². The molecule has 0 N–H and O–H groups in total. The number of likely N-dealkylation sites (tertiary alicyclic amines) is 1. The van der Waals surface area contributed by atoms with Gasteiger partial charge in [0, 0.05) is 22.9 Å². The molecule has 0 aliphatic carbocycles. The van der Waals surface area contributed by atoms with Gasteiger partial charge in [0.05, 0.1) is 8.66 Å². The Balaban J connectivity index is 2.18. The topological polar surface area (TPSA) is 20.3 Å². The lowest BCUT2D eigenvalue weighted by molar-refractivity contribution is 0.0754. The minimum absolute atomic E-state index is 0.0968. The van der Waals surface area contributed by atoms with Crippen LogP contribution in [0.2, 0.25) is 0 Å². The molecule has 1 aromatic rings. The second kappa shape index (κ2) is 5.38. The van der Waals surface area contributed by atoms with Crippen molar-refractivity contribution in [2.24, 2.45) is 0 Å². The van der Waals surface area contributed by atoms with Gasteiger partial charge in [-0.05, 0) is 50.8 Å². The average Bonchev–Trinajstić information content (AvgIpc) is 2.85. The van der Waals surface area contributed by atoms with Crippen LogP contribution < -0.4 is 0 Å². The summed E-state index contributed by atoms with van der Waals surface area (Å²) in [6.45, 7) is 0.823. The van der Waals surface area contributed by atoms with Crippen LogP contribution in [-0.2, 0) is 0 Å². The number of alkyl halides is 1. The summed E-state index contributed by atoms with van der Waals surface area (Å²) in [5.41, 5.74) is 0. The zero-order chi connectivity index (χ0) is 11.7. The Bertz CT molecular complexity index is 390. The molecule has 1 fully saturated rings. The minimum atomic E-state index is 0.0968. The first-order valence-electron chi connectivity index (χ1n) is 4.95. The van der Waals surface area contributed by atoms with E-state index in [-0.39, 0.29) is 11.9 Å². The lowest BCUT2D eigenvalue weighted by atomic mass is 10.2. The molecular weight excluding hydrogens is 377 g/mol. The van der Waals surface area contributed by atoms with E-state index < -0.39 is 0 Å². The maximum absolute atomic E-state index is 12.2. The number of hydrogen-bond acceptors (Lipinski definition) is 2. The highest BCUT2D eigenvalue weighted by Gasteiger charge is 2.29. The third-order valence-electron chi connectivity index (χ3n) is 2.67. The number of thiophene rings is 1. The predicted molar refractivity (Wildman–Crippen MR) is 74.5 cm³/mol. The average molecular weight is 388 g/mol. The van der Waals surface area contributed by atoms with Crippen LogP contribution in [0.25, 0.3) is 0 Å².